The van der Waals surface area contributed by atoms with E-state index in [9.17, 15) is 4.79 Å². The van der Waals surface area contributed by atoms with Crippen LogP contribution in [-0.4, -0.2) is 48.6 Å². The van der Waals surface area contributed by atoms with Crippen molar-refractivity contribution in [3.63, 3.8) is 0 Å². The van der Waals surface area contributed by atoms with Crippen molar-refractivity contribution in [1.29, 1.82) is 0 Å². The number of nitrogens with zero attached hydrogens (tertiary/aromatic N) is 2. The van der Waals surface area contributed by atoms with Crippen LogP contribution in [0.1, 0.15) is 22.5 Å². The van der Waals surface area contributed by atoms with Crippen molar-refractivity contribution in [3.05, 3.63) is 59.8 Å². The number of benzene rings is 1. The highest BCUT2D eigenvalue weighted by molar-refractivity contribution is 5.96. The molecule has 0 aliphatic carbocycles. The van der Waals surface area contributed by atoms with E-state index in [2.05, 4.69) is 9.88 Å². The lowest BCUT2D eigenvalue weighted by atomic mass is 10.0. The van der Waals surface area contributed by atoms with Crippen molar-refractivity contribution < 1.29 is 14.3 Å². The van der Waals surface area contributed by atoms with Gasteiger partial charge in [-0.15, -0.1) is 0 Å². The summed E-state index contributed by atoms with van der Waals surface area (Å²) in [6.45, 7) is 2.74. The third-order valence-corrected chi connectivity index (χ3v) is 4.22. The number of carbonyl (C=O) groups excluding carboxylic acids is 1. The Labute approximate surface area is 142 Å². The number of hydrogen-bond acceptors (Lipinski definition) is 5. The molecule has 3 rings (SSSR count). The molecule has 126 valence electrons. The third-order valence-electron chi connectivity index (χ3n) is 4.22. The van der Waals surface area contributed by atoms with Gasteiger partial charge < -0.3 is 9.47 Å². The van der Waals surface area contributed by atoms with Gasteiger partial charge in [-0.25, -0.2) is 4.98 Å². The van der Waals surface area contributed by atoms with Gasteiger partial charge in [-0.05, 0) is 6.07 Å². The number of carbonyl (C=O) groups is 1. The molecule has 1 atom stereocenters. The average Bonchev–Trinajstić information content (AvgIpc) is 2.64. The molecule has 2 heterocycles. The first-order valence-electron chi connectivity index (χ1n) is 8.16. The van der Waals surface area contributed by atoms with Gasteiger partial charge in [0.2, 0.25) is 5.88 Å². The molecule has 0 amide bonds. The van der Waals surface area contributed by atoms with E-state index in [-0.39, 0.29) is 11.8 Å². The molecule has 2 aromatic rings. The second-order valence-electron chi connectivity index (χ2n) is 5.86. The molecular weight excluding hydrogens is 304 g/mol. The van der Waals surface area contributed by atoms with Crippen LogP contribution in [0.4, 0.5) is 0 Å². The Hall–Kier alpha value is -2.24. The maximum Gasteiger partial charge on any atom is 0.213 e. The number of morpholine rings is 1. The number of pyridine rings is 1. The predicted octanol–water partition coefficient (Wildman–Crippen LogP) is 2.56. The van der Waals surface area contributed by atoms with Crippen LogP contribution in [0.3, 0.4) is 0 Å². The van der Waals surface area contributed by atoms with E-state index < -0.39 is 0 Å². The normalized spacial score (nSPS) is 18.3. The molecule has 0 N–H and O–H groups in total. The van der Waals surface area contributed by atoms with E-state index in [1.165, 1.54) is 0 Å². The number of ether oxygens (including phenoxy) is 2. The molecule has 1 aliphatic rings. The topological polar surface area (TPSA) is 51.7 Å². The fourth-order valence-electron chi connectivity index (χ4n) is 2.91. The number of aromatic nitrogens is 1. The second kappa shape index (κ2) is 8.04. The van der Waals surface area contributed by atoms with Crippen LogP contribution in [0.15, 0.2) is 48.5 Å². The van der Waals surface area contributed by atoms with E-state index in [1.54, 1.807) is 7.11 Å². The molecule has 1 saturated heterocycles. The van der Waals surface area contributed by atoms with Crippen LogP contribution in [-0.2, 0) is 11.3 Å². The SMILES string of the molecule is COc1cccc(CN2CCOC[C@H]2CC(=O)c2ccccc2)n1. The number of rotatable bonds is 6. The Kier molecular flexibility index (Phi) is 5.56. The summed E-state index contributed by atoms with van der Waals surface area (Å²) in [7, 11) is 1.61. The fourth-order valence-corrected chi connectivity index (χ4v) is 2.91. The summed E-state index contributed by atoms with van der Waals surface area (Å²) < 4.78 is 10.8. The highest BCUT2D eigenvalue weighted by atomic mass is 16.5. The predicted molar refractivity (Wildman–Crippen MR) is 91.2 cm³/mol. The molecule has 1 aliphatic heterocycles. The van der Waals surface area contributed by atoms with Gasteiger partial charge in [0.1, 0.15) is 0 Å². The Morgan fingerprint density at radius 3 is 2.88 bits per heavy atom. The Morgan fingerprint density at radius 2 is 2.08 bits per heavy atom. The van der Waals surface area contributed by atoms with Gasteiger partial charge in [0, 0.05) is 37.2 Å². The monoisotopic (exact) mass is 326 g/mol. The van der Waals surface area contributed by atoms with Crippen molar-refractivity contribution in [2.45, 2.75) is 19.0 Å². The number of Topliss-reactive ketones (excluding diaryl/α,β-unsaturated/α-hetero) is 1. The first-order chi connectivity index (χ1) is 11.8. The minimum absolute atomic E-state index is 0.0689. The molecule has 0 unspecified atom stereocenters. The summed E-state index contributed by atoms with van der Waals surface area (Å²) in [4.78, 5) is 19.2. The molecule has 1 aromatic heterocycles. The molecule has 0 radical (unpaired) electrons. The summed E-state index contributed by atoms with van der Waals surface area (Å²) in [6, 6.07) is 15.2. The molecular formula is C19H22N2O3. The smallest absolute Gasteiger partial charge is 0.213 e. The van der Waals surface area contributed by atoms with Crippen LogP contribution in [0.25, 0.3) is 0 Å². The van der Waals surface area contributed by atoms with Gasteiger partial charge in [0.25, 0.3) is 0 Å². The summed E-state index contributed by atoms with van der Waals surface area (Å²) in [5, 5.41) is 0. The maximum atomic E-state index is 12.5. The van der Waals surface area contributed by atoms with Crippen LogP contribution in [0, 0.1) is 0 Å². The van der Waals surface area contributed by atoms with Gasteiger partial charge in [0.15, 0.2) is 5.78 Å². The molecule has 5 heteroatoms. The largest absolute Gasteiger partial charge is 0.481 e. The Bertz CT molecular complexity index is 675. The van der Waals surface area contributed by atoms with E-state index in [0.29, 0.717) is 32.1 Å². The minimum Gasteiger partial charge on any atom is -0.481 e. The highest BCUT2D eigenvalue weighted by Crippen LogP contribution is 2.17. The molecule has 1 fully saturated rings. The zero-order valence-electron chi connectivity index (χ0n) is 13.9. The molecule has 0 bridgehead atoms. The van der Waals surface area contributed by atoms with Gasteiger partial charge >= 0.3 is 0 Å². The highest BCUT2D eigenvalue weighted by Gasteiger charge is 2.26. The van der Waals surface area contributed by atoms with E-state index in [4.69, 9.17) is 9.47 Å². The maximum absolute atomic E-state index is 12.5. The van der Waals surface area contributed by atoms with Crippen molar-refractivity contribution in [1.82, 2.24) is 9.88 Å². The summed E-state index contributed by atoms with van der Waals surface area (Å²) in [6.07, 6.45) is 0.452. The Morgan fingerprint density at radius 1 is 1.25 bits per heavy atom. The summed E-state index contributed by atoms with van der Waals surface area (Å²) in [5.41, 5.74) is 1.69. The van der Waals surface area contributed by atoms with Crippen LogP contribution >= 0.6 is 0 Å². The fraction of sp³-hybridized carbons (Fsp3) is 0.368. The van der Waals surface area contributed by atoms with Gasteiger partial charge in [-0.2, -0.15) is 0 Å². The minimum atomic E-state index is 0.0689. The van der Waals surface area contributed by atoms with E-state index in [0.717, 1.165) is 17.8 Å². The van der Waals surface area contributed by atoms with Crippen LogP contribution in [0.2, 0.25) is 0 Å². The number of hydrogen-bond donors (Lipinski definition) is 0. The number of ketones is 1. The molecule has 1 aromatic carbocycles. The molecule has 24 heavy (non-hydrogen) atoms. The lowest BCUT2D eigenvalue weighted by Gasteiger charge is -2.35. The van der Waals surface area contributed by atoms with E-state index >= 15 is 0 Å². The van der Waals surface area contributed by atoms with Crippen molar-refractivity contribution >= 4 is 5.78 Å². The molecule has 5 nitrogen and oxygen atoms in total. The van der Waals surface area contributed by atoms with Crippen molar-refractivity contribution in [3.8, 4) is 5.88 Å². The van der Waals surface area contributed by atoms with Crippen molar-refractivity contribution in [2.75, 3.05) is 26.9 Å². The quantitative estimate of drug-likeness (QED) is 0.764. The first kappa shape index (κ1) is 16.6. The van der Waals surface area contributed by atoms with Gasteiger partial charge in [-0.3, -0.25) is 9.69 Å². The lowest BCUT2D eigenvalue weighted by molar-refractivity contribution is -0.0131. The molecule has 0 spiro atoms. The summed E-state index contributed by atoms with van der Waals surface area (Å²) in [5.74, 6) is 0.757. The van der Waals surface area contributed by atoms with Gasteiger partial charge in [0.05, 0.1) is 26.0 Å². The average molecular weight is 326 g/mol. The second-order valence-corrected chi connectivity index (χ2v) is 5.86. The van der Waals surface area contributed by atoms with Crippen LogP contribution in [0.5, 0.6) is 5.88 Å². The first-order valence-corrected chi connectivity index (χ1v) is 8.16. The molecule has 0 saturated carbocycles. The summed E-state index contributed by atoms with van der Waals surface area (Å²) >= 11 is 0. The lowest BCUT2D eigenvalue weighted by Crippen LogP contribution is -2.46. The third kappa shape index (κ3) is 4.19. The zero-order chi connectivity index (χ0) is 16.8. The van der Waals surface area contributed by atoms with E-state index in [1.807, 2.05) is 48.5 Å². The number of methoxy groups -OCH3 is 1. The van der Waals surface area contributed by atoms with Crippen molar-refractivity contribution in [2.24, 2.45) is 0 Å². The van der Waals surface area contributed by atoms with Gasteiger partial charge in [-0.1, -0.05) is 36.4 Å². The Balaban J connectivity index is 1.68. The standard InChI is InChI=1S/C19H22N2O3/c1-23-19-9-5-8-16(20-19)13-21-10-11-24-14-17(21)12-18(22)15-6-3-2-4-7-15/h2-9,17H,10-14H2,1H3/t17-/m1/s1. The zero-order valence-corrected chi connectivity index (χ0v) is 13.9. The van der Waals surface area contributed by atoms with Crippen LogP contribution < -0.4 is 4.74 Å².